The standard InChI is InChI=1S/C17H17IN2O4/c1-22-14-9-16(24-3)15(23-2)8-11(14)10-19-20-17(21)12-6-4-5-7-13(12)18/h4-10H,1-3H3,(H,20,21)/b19-10+. The van der Waals surface area contributed by atoms with E-state index in [2.05, 4.69) is 33.1 Å². The summed E-state index contributed by atoms with van der Waals surface area (Å²) in [4.78, 5) is 12.1. The number of hydrazone groups is 1. The third kappa shape index (κ3) is 4.16. The Morgan fingerprint density at radius 3 is 2.29 bits per heavy atom. The predicted molar refractivity (Wildman–Crippen MR) is 100 cm³/mol. The molecule has 0 atom stereocenters. The first kappa shape index (κ1) is 18.1. The molecule has 1 N–H and O–H groups in total. The van der Waals surface area contributed by atoms with E-state index >= 15 is 0 Å². The van der Waals surface area contributed by atoms with Crippen LogP contribution >= 0.6 is 22.6 Å². The lowest BCUT2D eigenvalue weighted by molar-refractivity contribution is 0.0954. The van der Waals surface area contributed by atoms with Gasteiger partial charge in [0.2, 0.25) is 0 Å². The normalized spacial score (nSPS) is 10.5. The molecule has 0 aliphatic rings. The van der Waals surface area contributed by atoms with Crippen LogP contribution in [0.1, 0.15) is 15.9 Å². The summed E-state index contributed by atoms with van der Waals surface area (Å²) in [7, 11) is 4.64. The number of hydrogen-bond donors (Lipinski definition) is 1. The molecule has 0 unspecified atom stereocenters. The van der Waals surface area contributed by atoms with Gasteiger partial charge in [-0.1, -0.05) is 12.1 Å². The number of carbonyl (C=O) groups is 1. The summed E-state index contributed by atoms with van der Waals surface area (Å²) in [6, 6.07) is 10.7. The summed E-state index contributed by atoms with van der Waals surface area (Å²) >= 11 is 2.10. The number of methoxy groups -OCH3 is 3. The predicted octanol–water partition coefficient (Wildman–Crippen LogP) is 3.08. The number of rotatable bonds is 6. The van der Waals surface area contributed by atoms with Crippen molar-refractivity contribution in [2.24, 2.45) is 5.10 Å². The fourth-order valence-electron chi connectivity index (χ4n) is 2.02. The minimum absolute atomic E-state index is 0.282. The lowest BCUT2D eigenvalue weighted by Crippen LogP contribution is -2.18. The van der Waals surface area contributed by atoms with Crippen molar-refractivity contribution in [2.45, 2.75) is 0 Å². The first-order valence-corrected chi connectivity index (χ1v) is 8.06. The van der Waals surface area contributed by atoms with Crippen molar-refractivity contribution in [3.63, 3.8) is 0 Å². The van der Waals surface area contributed by atoms with E-state index < -0.39 is 0 Å². The number of nitrogens with zero attached hydrogens (tertiary/aromatic N) is 1. The first-order chi connectivity index (χ1) is 11.6. The number of ether oxygens (including phenoxy) is 3. The van der Waals surface area contributed by atoms with E-state index in [9.17, 15) is 4.79 Å². The number of benzene rings is 2. The van der Waals surface area contributed by atoms with Crippen LogP contribution in [0.25, 0.3) is 0 Å². The van der Waals surface area contributed by atoms with Crippen LogP contribution in [0.5, 0.6) is 17.2 Å². The molecule has 0 heterocycles. The first-order valence-electron chi connectivity index (χ1n) is 6.98. The lowest BCUT2D eigenvalue weighted by atomic mass is 10.2. The van der Waals surface area contributed by atoms with E-state index in [0.29, 0.717) is 28.4 Å². The van der Waals surface area contributed by atoms with Crippen LogP contribution in [0, 0.1) is 3.57 Å². The molecule has 1 amide bonds. The maximum absolute atomic E-state index is 12.1. The van der Waals surface area contributed by atoms with Crippen LogP contribution in [0.3, 0.4) is 0 Å². The fourth-order valence-corrected chi connectivity index (χ4v) is 2.65. The van der Waals surface area contributed by atoms with Crippen molar-refractivity contribution in [2.75, 3.05) is 21.3 Å². The Morgan fingerprint density at radius 2 is 1.67 bits per heavy atom. The van der Waals surface area contributed by atoms with Crippen molar-refractivity contribution >= 4 is 34.7 Å². The van der Waals surface area contributed by atoms with Gasteiger partial charge in [0.1, 0.15) is 5.75 Å². The zero-order valence-corrected chi connectivity index (χ0v) is 15.7. The molecule has 126 valence electrons. The number of halogens is 1. The van der Waals surface area contributed by atoms with E-state index in [1.54, 1.807) is 45.6 Å². The van der Waals surface area contributed by atoms with Gasteiger partial charge in [-0.2, -0.15) is 5.10 Å². The molecule has 0 aromatic heterocycles. The van der Waals surface area contributed by atoms with Crippen molar-refractivity contribution in [3.05, 3.63) is 51.1 Å². The smallest absolute Gasteiger partial charge is 0.272 e. The molecule has 2 aromatic carbocycles. The van der Waals surface area contributed by atoms with Gasteiger partial charge in [-0.25, -0.2) is 5.43 Å². The second kappa shape index (κ2) is 8.53. The van der Waals surface area contributed by atoms with Crippen LogP contribution in [-0.2, 0) is 0 Å². The van der Waals surface area contributed by atoms with Gasteiger partial charge in [0, 0.05) is 15.2 Å². The molecule has 0 spiro atoms. The minimum atomic E-state index is -0.282. The molecule has 2 aromatic rings. The Hall–Kier alpha value is -2.29. The Bertz CT molecular complexity index is 762. The molecule has 0 aliphatic heterocycles. The van der Waals surface area contributed by atoms with Crippen LogP contribution in [0.15, 0.2) is 41.5 Å². The summed E-state index contributed by atoms with van der Waals surface area (Å²) < 4.78 is 16.6. The average molecular weight is 440 g/mol. The third-order valence-corrected chi connectivity index (χ3v) is 4.16. The monoisotopic (exact) mass is 440 g/mol. The molecule has 7 heteroatoms. The van der Waals surface area contributed by atoms with Gasteiger partial charge in [-0.05, 0) is 40.8 Å². The van der Waals surface area contributed by atoms with Crippen molar-refractivity contribution in [1.29, 1.82) is 0 Å². The highest BCUT2D eigenvalue weighted by molar-refractivity contribution is 14.1. The van der Waals surface area contributed by atoms with E-state index in [1.807, 2.05) is 12.1 Å². The molecule has 0 bridgehead atoms. The lowest BCUT2D eigenvalue weighted by Gasteiger charge is -2.11. The third-order valence-electron chi connectivity index (χ3n) is 3.22. The molecule has 24 heavy (non-hydrogen) atoms. The molecule has 0 aliphatic carbocycles. The second-order valence-electron chi connectivity index (χ2n) is 4.63. The average Bonchev–Trinajstić information content (AvgIpc) is 2.61. The Morgan fingerprint density at radius 1 is 1.04 bits per heavy atom. The Kier molecular flexibility index (Phi) is 6.42. The van der Waals surface area contributed by atoms with Crippen molar-refractivity contribution in [1.82, 2.24) is 5.43 Å². The van der Waals surface area contributed by atoms with E-state index in [0.717, 1.165) is 3.57 Å². The maximum atomic E-state index is 12.1. The van der Waals surface area contributed by atoms with Gasteiger partial charge in [0.25, 0.3) is 5.91 Å². The molecule has 6 nitrogen and oxygen atoms in total. The van der Waals surface area contributed by atoms with Gasteiger partial charge in [0.05, 0.1) is 33.1 Å². The van der Waals surface area contributed by atoms with Crippen molar-refractivity contribution in [3.8, 4) is 17.2 Å². The van der Waals surface area contributed by atoms with Gasteiger partial charge in [-0.15, -0.1) is 0 Å². The molecule has 0 saturated carbocycles. The number of carbonyl (C=O) groups excluding carboxylic acids is 1. The highest BCUT2D eigenvalue weighted by atomic mass is 127. The van der Waals surface area contributed by atoms with Gasteiger partial charge in [0.15, 0.2) is 11.5 Å². The van der Waals surface area contributed by atoms with E-state index in [4.69, 9.17) is 14.2 Å². The number of nitrogens with one attached hydrogen (secondary N) is 1. The molecular formula is C17H17IN2O4. The largest absolute Gasteiger partial charge is 0.496 e. The molecular weight excluding hydrogens is 423 g/mol. The highest BCUT2D eigenvalue weighted by Gasteiger charge is 2.11. The highest BCUT2D eigenvalue weighted by Crippen LogP contribution is 2.33. The summed E-state index contributed by atoms with van der Waals surface area (Å²) in [5.74, 6) is 1.37. The zero-order valence-electron chi connectivity index (χ0n) is 13.5. The zero-order chi connectivity index (χ0) is 17.5. The SMILES string of the molecule is COc1cc(OC)c(OC)cc1/C=N/NC(=O)c1ccccc1I. The van der Waals surface area contributed by atoms with Gasteiger partial charge >= 0.3 is 0 Å². The summed E-state index contributed by atoms with van der Waals surface area (Å²) in [5, 5.41) is 3.99. The van der Waals surface area contributed by atoms with Crippen molar-refractivity contribution < 1.29 is 19.0 Å². The van der Waals surface area contributed by atoms with Crippen LogP contribution in [0.2, 0.25) is 0 Å². The van der Waals surface area contributed by atoms with Crippen LogP contribution < -0.4 is 19.6 Å². The van der Waals surface area contributed by atoms with Crippen LogP contribution in [0.4, 0.5) is 0 Å². The Balaban J connectivity index is 2.19. The second-order valence-corrected chi connectivity index (χ2v) is 5.79. The fraction of sp³-hybridized carbons (Fsp3) is 0.176. The van der Waals surface area contributed by atoms with E-state index in [-0.39, 0.29) is 5.91 Å². The van der Waals surface area contributed by atoms with Gasteiger partial charge in [-0.3, -0.25) is 4.79 Å². The van der Waals surface area contributed by atoms with E-state index in [1.165, 1.54) is 6.21 Å². The molecule has 0 radical (unpaired) electrons. The summed E-state index contributed by atoms with van der Waals surface area (Å²) in [5.41, 5.74) is 3.72. The summed E-state index contributed by atoms with van der Waals surface area (Å²) in [6.07, 6.45) is 1.49. The van der Waals surface area contributed by atoms with Gasteiger partial charge < -0.3 is 14.2 Å². The quantitative estimate of drug-likeness (QED) is 0.426. The topological polar surface area (TPSA) is 69.2 Å². The molecule has 0 fully saturated rings. The van der Waals surface area contributed by atoms with Crippen LogP contribution in [-0.4, -0.2) is 33.5 Å². The minimum Gasteiger partial charge on any atom is -0.496 e. The number of hydrogen-bond acceptors (Lipinski definition) is 5. The summed E-state index contributed by atoms with van der Waals surface area (Å²) in [6.45, 7) is 0. The number of amides is 1. The molecule has 2 rings (SSSR count). The maximum Gasteiger partial charge on any atom is 0.272 e. The molecule has 0 saturated heterocycles. The Labute approximate surface area is 153 Å².